The molecule has 14 heavy (non-hydrogen) atoms. The van der Waals surface area contributed by atoms with Crippen LogP contribution in [0.5, 0.6) is 11.5 Å². The van der Waals surface area contributed by atoms with Crippen molar-refractivity contribution in [3.63, 3.8) is 0 Å². The predicted molar refractivity (Wildman–Crippen MR) is 48.8 cm³/mol. The molecule has 0 N–H and O–H groups in total. The lowest BCUT2D eigenvalue weighted by atomic mass is 10.3. The molecule has 0 aliphatic rings. The number of para-hydroxylation sites is 2. The number of ether oxygens (including phenoxy) is 2. The average Bonchev–Trinajstić information content (AvgIpc) is 2.24. The summed E-state index contributed by atoms with van der Waals surface area (Å²) in [6.07, 6.45) is 3.19. The SMILES string of the molecule is O=[C]COc1ccccc1OC[C]=O. The molecule has 0 heterocycles. The minimum absolute atomic E-state index is 0.162. The monoisotopic (exact) mass is 192 g/mol. The third-order valence-electron chi connectivity index (χ3n) is 1.42. The molecular formula is C10H8O4. The van der Waals surface area contributed by atoms with Crippen LogP contribution in [0.2, 0.25) is 0 Å². The van der Waals surface area contributed by atoms with Gasteiger partial charge in [-0.2, -0.15) is 0 Å². The maximum Gasteiger partial charge on any atom is 0.239 e. The topological polar surface area (TPSA) is 52.6 Å². The first-order valence-corrected chi connectivity index (χ1v) is 3.93. The second-order valence-corrected chi connectivity index (χ2v) is 2.31. The lowest BCUT2D eigenvalue weighted by molar-refractivity contribution is 0.313. The fourth-order valence-electron chi connectivity index (χ4n) is 0.903. The highest BCUT2D eigenvalue weighted by Crippen LogP contribution is 2.25. The highest BCUT2D eigenvalue weighted by molar-refractivity contribution is 5.54. The van der Waals surface area contributed by atoms with E-state index in [0.29, 0.717) is 11.5 Å². The van der Waals surface area contributed by atoms with Crippen LogP contribution < -0.4 is 9.47 Å². The van der Waals surface area contributed by atoms with E-state index in [1.54, 1.807) is 36.8 Å². The Morgan fingerprint density at radius 1 is 0.929 bits per heavy atom. The lowest BCUT2D eigenvalue weighted by Gasteiger charge is -2.08. The number of carbonyl (C=O) groups excluding carboxylic acids is 2. The summed E-state index contributed by atoms with van der Waals surface area (Å²) in [5, 5.41) is 0. The Hall–Kier alpha value is -1.84. The highest BCUT2D eigenvalue weighted by Gasteiger charge is 2.02. The van der Waals surface area contributed by atoms with Crippen molar-refractivity contribution in [1.29, 1.82) is 0 Å². The van der Waals surface area contributed by atoms with E-state index >= 15 is 0 Å². The van der Waals surface area contributed by atoms with E-state index < -0.39 is 0 Å². The van der Waals surface area contributed by atoms with Gasteiger partial charge in [0.25, 0.3) is 0 Å². The molecule has 0 aliphatic carbocycles. The Morgan fingerprint density at radius 2 is 1.36 bits per heavy atom. The molecule has 4 heteroatoms. The van der Waals surface area contributed by atoms with Gasteiger partial charge in [0.2, 0.25) is 12.6 Å². The molecular weight excluding hydrogens is 184 g/mol. The van der Waals surface area contributed by atoms with Gasteiger partial charge in [0, 0.05) is 0 Å². The first kappa shape index (κ1) is 10.2. The number of rotatable bonds is 6. The highest BCUT2D eigenvalue weighted by atomic mass is 16.5. The van der Waals surface area contributed by atoms with Crippen LogP contribution in [0.4, 0.5) is 0 Å². The van der Waals surface area contributed by atoms with Crippen LogP contribution in [0, 0.1) is 0 Å². The second-order valence-electron chi connectivity index (χ2n) is 2.31. The van der Waals surface area contributed by atoms with Crippen LogP contribution in [-0.2, 0) is 9.59 Å². The van der Waals surface area contributed by atoms with E-state index in [-0.39, 0.29) is 13.2 Å². The Kier molecular flexibility index (Phi) is 4.20. The van der Waals surface area contributed by atoms with Crippen LogP contribution in [-0.4, -0.2) is 25.8 Å². The molecule has 0 amide bonds. The van der Waals surface area contributed by atoms with Gasteiger partial charge in [0.15, 0.2) is 24.7 Å². The average molecular weight is 192 g/mol. The Bertz CT molecular complexity index is 278. The Morgan fingerprint density at radius 3 is 1.71 bits per heavy atom. The van der Waals surface area contributed by atoms with Gasteiger partial charge in [0.05, 0.1) is 0 Å². The molecule has 0 bridgehead atoms. The maximum atomic E-state index is 9.95. The standard InChI is InChI=1S/C10H8O4/c11-5-7-13-9-3-1-2-4-10(9)14-8-6-12/h1-4H,7-8H2. The number of hydrogen-bond acceptors (Lipinski definition) is 4. The zero-order valence-corrected chi connectivity index (χ0v) is 7.36. The fourth-order valence-corrected chi connectivity index (χ4v) is 0.903. The van der Waals surface area contributed by atoms with Crippen molar-refractivity contribution in [1.82, 2.24) is 0 Å². The normalized spacial score (nSPS) is 9.14. The predicted octanol–water partition coefficient (Wildman–Crippen LogP) is 0.664. The zero-order valence-electron chi connectivity index (χ0n) is 7.36. The van der Waals surface area contributed by atoms with Gasteiger partial charge in [0.1, 0.15) is 0 Å². The molecule has 0 fully saturated rings. The van der Waals surface area contributed by atoms with E-state index in [4.69, 9.17) is 9.47 Å². The van der Waals surface area contributed by atoms with Crippen molar-refractivity contribution in [3.8, 4) is 11.5 Å². The summed E-state index contributed by atoms with van der Waals surface area (Å²) in [7, 11) is 0. The van der Waals surface area contributed by atoms with Crippen molar-refractivity contribution in [2.24, 2.45) is 0 Å². The smallest absolute Gasteiger partial charge is 0.239 e. The fraction of sp³-hybridized carbons (Fsp3) is 0.200. The molecule has 4 nitrogen and oxygen atoms in total. The molecule has 1 aromatic rings. The van der Waals surface area contributed by atoms with E-state index in [9.17, 15) is 9.59 Å². The second kappa shape index (κ2) is 5.75. The van der Waals surface area contributed by atoms with E-state index in [1.807, 2.05) is 0 Å². The van der Waals surface area contributed by atoms with Crippen molar-refractivity contribution in [2.75, 3.05) is 13.2 Å². The van der Waals surface area contributed by atoms with Crippen LogP contribution in [0.1, 0.15) is 0 Å². The van der Waals surface area contributed by atoms with Crippen molar-refractivity contribution in [2.45, 2.75) is 0 Å². The molecule has 1 aromatic carbocycles. The lowest BCUT2D eigenvalue weighted by Crippen LogP contribution is -2.02. The summed E-state index contributed by atoms with van der Waals surface area (Å²) < 4.78 is 10.0. The minimum atomic E-state index is -0.162. The van der Waals surface area contributed by atoms with Gasteiger partial charge >= 0.3 is 0 Å². The summed E-state index contributed by atoms with van der Waals surface area (Å²) in [5.74, 6) is 0.817. The van der Waals surface area contributed by atoms with Gasteiger partial charge in [-0.3, -0.25) is 9.59 Å². The van der Waals surface area contributed by atoms with Crippen molar-refractivity contribution >= 4 is 12.6 Å². The molecule has 0 aromatic heterocycles. The molecule has 0 aliphatic heterocycles. The van der Waals surface area contributed by atoms with Crippen molar-refractivity contribution in [3.05, 3.63) is 24.3 Å². The van der Waals surface area contributed by atoms with Crippen molar-refractivity contribution < 1.29 is 19.1 Å². The zero-order chi connectivity index (χ0) is 10.2. The summed E-state index contributed by atoms with van der Waals surface area (Å²) >= 11 is 0. The van der Waals surface area contributed by atoms with Crippen LogP contribution in [0.15, 0.2) is 24.3 Å². The van der Waals surface area contributed by atoms with E-state index in [0.717, 1.165) is 0 Å². The summed E-state index contributed by atoms with van der Waals surface area (Å²) in [6, 6.07) is 6.74. The minimum Gasteiger partial charge on any atom is -0.481 e. The quantitative estimate of drug-likeness (QED) is 0.664. The van der Waals surface area contributed by atoms with Gasteiger partial charge in [-0.05, 0) is 12.1 Å². The molecule has 0 saturated carbocycles. The first-order valence-electron chi connectivity index (χ1n) is 3.93. The molecule has 0 unspecified atom stereocenters. The molecule has 72 valence electrons. The van der Waals surface area contributed by atoms with Crippen LogP contribution in [0.3, 0.4) is 0 Å². The first-order chi connectivity index (χ1) is 6.88. The molecule has 0 spiro atoms. The van der Waals surface area contributed by atoms with Gasteiger partial charge in [-0.25, -0.2) is 0 Å². The van der Waals surface area contributed by atoms with E-state index in [2.05, 4.69) is 0 Å². The largest absolute Gasteiger partial charge is 0.481 e. The van der Waals surface area contributed by atoms with Crippen LogP contribution in [0.25, 0.3) is 0 Å². The summed E-state index contributed by atoms with van der Waals surface area (Å²) in [5.41, 5.74) is 0. The molecule has 1 rings (SSSR count). The van der Waals surface area contributed by atoms with Crippen LogP contribution >= 0.6 is 0 Å². The number of hydrogen-bond donors (Lipinski definition) is 0. The Labute approximate surface area is 81.4 Å². The van der Waals surface area contributed by atoms with Gasteiger partial charge in [-0.15, -0.1) is 0 Å². The van der Waals surface area contributed by atoms with Gasteiger partial charge in [-0.1, -0.05) is 12.1 Å². The molecule has 0 atom stereocenters. The third kappa shape index (κ3) is 2.90. The third-order valence-corrected chi connectivity index (χ3v) is 1.42. The Balaban J connectivity index is 2.68. The molecule has 0 saturated heterocycles. The van der Waals surface area contributed by atoms with Gasteiger partial charge < -0.3 is 9.47 Å². The summed E-state index contributed by atoms with van der Waals surface area (Å²) in [6.45, 7) is -0.323. The summed E-state index contributed by atoms with van der Waals surface area (Å²) in [4.78, 5) is 19.9. The number of benzene rings is 1. The van der Waals surface area contributed by atoms with E-state index in [1.165, 1.54) is 0 Å². The maximum absolute atomic E-state index is 9.95. The molecule has 2 radical (unpaired) electrons.